The van der Waals surface area contributed by atoms with E-state index in [1.165, 1.54) is 24.0 Å². The van der Waals surface area contributed by atoms with Gasteiger partial charge in [-0.1, -0.05) is 60.1 Å². The number of halogens is 1. The van der Waals surface area contributed by atoms with Crippen LogP contribution in [0.4, 0.5) is 0 Å². The molecule has 3 nitrogen and oxygen atoms in total. The summed E-state index contributed by atoms with van der Waals surface area (Å²) in [6.45, 7) is 3.78. The molecule has 4 heteroatoms. The van der Waals surface area contributed by atoms with Gasteiger partial charge >= 0.3 is 0 Å². The number of piperidine rings is 1. The molecule has 1 aliphatic heterocycles. The maximum Gasteiger partial charge on any atom is 0.220 e. The Morgan fingerprint density at radius 3 is 2.69 bits per heavy atom. The molecular formula is C22H27ClN2O. The average Bonchev–Trinajstić information content (AvgIpc) is 2.68. The van der Waals surface area contributed by atoms with Gasteiger partial charge in [-0.15, -0.1) is 0 Å². The van der Waals surface area contributed by atoms with Crippen LogP contribution in [-0.2, 0) is 17.8 Å². The van der Waals surface area contributed by atoms with Gasteiger partial charge in [0.2, 0.25) is 5.91 Å². The van der Waals surface area contributed by atoms with E-state index in [-0.39, 0.29) is 5.91 Å². The first kappa shape index (κ1) is 18.9. The molecule has 0 unspecified atom stereocenters. The van der Waals surface area contributed by atoms with Crippen molar-refractivity contribution in [3.05, 3.63) is 70.7 Å². The number of hydrogen-bond donors (Lipinski definition) is 1. The lowest BCUT2D eigenvalue weighted by Gasteiger charge is -2.33. The van der Waals surface area contributed by atoms with Crippen LogP contribution in [0.5, 0.6) is 0 Å². The van der Waals surface area contributed by atoms with E-state index in [0.717, 1.165) is 37.6 Å². The molecule has 2 aromatic carbocycles. The van der Waals surface area contributed by atoms with Gasteiger partial charge in [0.1, 0.15) is 0 Å². The first-order valence-electron chi connectivity index (χ1n) is 9.47. The summed E-state index contributed by atoms with van der Waals surface area (Å²) in [5.74, 6) is 0.670. The van der Waals surface area contributed by atoms with Crippen molar-refractivity contribution in [3.63, 3.8) is 0 Å². The fraction of sp³-hybridized carbons (Fsp3) is 0.409. The Morgan fingerprint density at radius 2 is 1.88 bits per heavy atom. The second-order valence-corrected chi connectivity index (χ2v) is 7.53. The zero-order valence-electron chi connectivity index (χ0n) is 15.2. The van der Waals surface area contributed by atoms with Crippen molar-refractivity contribution in [2.75, 3.05) is 19.6 Å². The van der Waals surface area contributed by atoms with Gasteiger partial charge in [-0.3, -0.25) is 9.69 Å². The third kappa shape index (κ3) is 5.86. The summed E-state index contributed by atoms with van der Waals surface area (Å²) in [6, 6.07) is 18.2. The van der Waals surface area contributed by atoms with Gasteiger partial charge in [0.05, 0.1) is 0 Å². The summed E-state index contributed by atoms with van der Waals surface area (Å²) >= 11 is 6.28. The highest BCUT2D eigenvalue weighted by Crippen LogP contribution is 2.21. The average molecular weight is 371 g/mol. The maximum absolute atomic E-state index is 12.1. The molecule has 138 valence electrons. The van der Waals surface area contributed by atoms with Gasteiger partial charge in [-0.2, -0.15) is 0 Å². The number of likely N-dealkylation sites (tertiary alicyclic amines) is 1. The minimum absolute atomic E-state index is 0.150. The van der Waals surface area contributed by atoms with E-state index in [0.29, 0.717) is 12.3 Å². The molecule has 1 amide bonds. The predicted molar refractivity (Wildman–Crippen MR) is 107 cm³/mol. The van der Waals surface area contributed by atoms with E-state index >= 15 is 0 Å². The molecule has 1 fully saturated rings. The van der Waals surface area contributed by atoms with Crippen LogP contribution < -0.4 is 5.32 Å². The number of hydrogen-bond acceptors (Lipinski definition) is 2. The Hall–Kier alpha value is -1.84. The Bertz CT molecular complexity index is 704. The number of carbonyl (C=O) groups excluding carboxylic acids is 1. The largest absolute Gasteiger partial charge is 0.356 e. The standard InChI is InChI=1S/C22H27ClN2O/c23-21-11-5-4-10-20(21)17-25-14-6-9-19(16-25)15-24-22(26)13-12-18-7-2-1-3-8-18/h1-5,7-8,10-11,19H,6,9,12-17H2,(H,24,26)/t19-/m0/s1. The van der Waals surface area contributed by atoms with Crippen LogP contribution in [0, 0.1) is 5.92 Å². The molecule has 3 rings (SSSR count). The molecular weight excluding hydrogens is 344 g/mol. The van der Waals surface area contributed by atoms with Gasteiger partial charge in [0, 0.05) is 31.1 Å². The molecule has 1 saturated heterocycles. The Labute approximate surface area is 161 Å². The van der Waals surface area contributed by atoms with Crippen LogP contribution >= 0.6 is 11.6 Å². The lowest BCUT2D eigenvalue weighted by Crippen LogP contribution is -2.40. The quantitative estimate of drug-likeness (QED) is 0.788. The normalized spacial score (nSPS) is 17.8. The van der Waals surface area contributed by atoms with Crippen molar-refractivity contribution < 1.29 is 4.79 Å². The fourth-order valence-electron chi connectivity index (χ4n) is 3.58. The molecule has 0 radical (unpaired) electrons. The summed E-state index contributed by atoms with van der Waals surface area (Å²) in [7, 11) is 0. The number of nitrogens with one attached hydrogen (secondary N) is 1. The summed E-state index contributed by atoms with van der Waals surface area (Å²) in [5.41, 5.74) is 2.40. The second kappa shape index (κ2) is 9.75. The summed E-state index contributed by atoms with van der Waals surface area (Å²) < 4.78 is 0. The van der Waals surface area contributed by atoms with Gasteiger partial charge in [-0.05, 0) is 48.9 Å². The van der Waals surface area contributed by atoms with Crippen molar-refractivity contribution in [1.82, 2.24) is 10.2 Å². The molecule has 1 atom stereocenters. The predicted octanol–water partition coefficient (Wildman–Crippen LogP) is 4.30. The van der Waals surface area contributed by atoms with Crippen LogP contribution in [0.15, 0.2) is 54.6 Å². The van der Waals surface area contributed by atoms with Gasteiger partial charge < -0.3 is 5.32 Å². The van der Waals surface area contributed by atoms with Gasteiger partial charge in [-0.25, -0.2) is 0 Å². The van der Waals surface area contributed by atoms with E-state index < -0.39 is 0 Å². The third-order valence-electron chi connectivity index (χ3n) is 5.03. The molecule has 1 N–H and O–H groups in total. The molecule has 0 saturated carbocycles. The molecule has 2 aromatic rings. The first-order chi connectivity index (χ1) is 12.7. The zero-order valence-corrected chi connectivity index (χ0v) is 15.9. The van der Waals surface area contributed by atoms with Crippen molar-refractivity contribution in [1.29, 1.82) is 0 Å². The maximum atomic E-state index is 12.1. The SMILES string of the molecule is O=C(CCc1ccccc1)NC[C@@H]1CCCN(Cc2ccccc2Cl)C1. The summed E-state index contributed by atoms with van der Waals surface area (Å²) in [6.07, 6.45) is 3.71. The van der Waals surface area contributed by atoms with Crippen molar-refractivity contribution >= 4 is 17.5 Å². The number of benzene rings is 2. The van der Waals surface area contributed by atoms with Crippen LogP contribution in [0.1, 0.15) is 30.4 Å². The molecule has 1 heterocycles. The molecule has 26 heavy (non-hydrogen) atoms. The molecule has 0 aliphatic carbocycles. The Morgan fingerprint density at radius 1 is 1.12 bits per heavy atom. The van der Waals surface area contributed by atoms with Crippen LogP contribution in [0.2, 0.25) is 5.02 Å². The number of amides is 1. The number of rotatable bonds is 7. The lowest BCUT2D eigenvalue weighted by molar-refractivity contribution is -0.121. The van der Waals surface area contributed by atoms with E-state index in [9.17, 15) is 4.79 Å². The monoisotopic (exact) mass is 370 g/mol. The van der Waals surface area contributed by atoms with Gasteiger partial charge in [0.25, 0.3) is 0 Å². The Balaban J connectivity index is 1.40. The highest BCUT2D eigenvalue weighted by molar-refractivity contribution is 6.31. The lowest BCUT2D eigenvalue weighted by atomic mass is 9.97. The highest BCUT2D eigenvalue weighted by Gasteiger charge is 2.21. The van der Waals surface area contributed by atoms with Crippen LogP contribution in [-0.4, -0.2) is 30.4 Å². The van der Waals surface area contributed by atoms with Crippen LogP contribution in [0.3, 0.4) is 0 Å². The molecule has 1 aliphatic rings. The van der Waals surface area contributed by atoms with E-state index in [4.69, 9.17) is 11.6 Å². The second-order valence-electron chi connectivity index (χ2n) is 7.12. The molecule has 0 aromatic heterocycles. The van der Waals surface area contributed by atoms with Crippen molar-refractivity contribution in [2.24, 2.45) is 5.92 Å². The number of carbonyl (C=O) groups is 1. The number of aryl methyl sites for hydroxylation is 1. The summed E-state index contributed by atoms with van der Waals surface area (Å²) in [4.78, 5) is 14.6. The van der Waals surface area contributed by atoms with E-state index in [1.54, 1.807) is 0 Å². The van der Waals surface area contributed by atoms with E-state index in [2.05, 4.69) is 28.4 Å². The molecule has 0 bridgehead atoms. The third-order valence-corrected chi connectivity index (χ3v) is 5.40. The van der Waals surface area contributed by atoms with Crippen LogP contribution in [0.25, 0.3) is 0 Å². The molecule has 0 spiro atoms. The fourth-order valence-corrected chi connectivity index (χ4v) is 3.77. The van der Waals surface area contributed by atoms with Crippen molar-refractivity contribution in [3.8, 4) is 0 Å². The van der Waals surface area contributed by atoms with Crippen molar-refractivity contribution in [2.45, 2.75) is 32.2 Å². The van der Waals surface area contributed by atoms with Gasteiger partial charge in [0.15, 0.2) is 0 Å². The highest BCUT2D eigenvalue weighted by atomic mass is 35.5. The minimum Gasteiger partial charge on any atom is -0.356 e. The smallest absolute Gasteiger partial charge is 0.220 e. The zero-order chi connectivity index (χ0) is 18.2. The minimum atomic E-state index is 0.150. The van der Waals surface area contributed by atoms with E-state index in [1.807, 2.05) is 36.4 Å². The summed E-state index contributed by atoms with van der Waals surface area (Å²) in [5, 5.41) is 3.96. The number of nitrogens with zero attached hydrogens (tertiary/aromatic N) is 1. The topological polar surface area (TPSA) is 32.3 Å². The first-order valence-corrected chi connectivity index (χ1v) is 9.85. The Kier molecular flexibility index (Phi) is 7.10.